The number of hydrogen-bond donors (Lipinski definition) is 1. The Morgan fingerprint density at radius 1 is 0.532 bits per heavy atom. The average Bonchev–Trinajstić information content (AvgIpc) is 3.08. The number of hydrogen-bond acceptors (Lipinski definition) is 4. The van der Waals surface area contributed by atoms with E-state index in [9.17, 15) is 9.90 Å². The second kappa shape index (κ2) is 40.0. The molecular formula is C43H74O4. The highest BCUT2D eigenvalue weighted by molar-refractivity contribution is 5.69. The summed E-state index contributed by atoms with van der Waals surface area (Å²) in [7, 11) is 0. The van der Waals surface area contributed by atoms with Crippen molar-refractivity contribution in [3.8, 4) is 0 Å². The molecule has 1 N–H and O–H groups in total. The minimum atomic E-state index is -0.575. The molecule has 0 amide bonds. The first-order chi connectivity index (χ1) is 23.2. The minimum absolute atomic E-state index is 0.204. The van der Waals surface area contributed by atoms with Gasteiger partial charge in [0.2, 0.25) is 0 Å². The minimum Gasteiger partial charge on any atom is -0.457 e. The van der Waals surface area contributed by atoms with E-state index in [2.05, 4.69) is 80.7 Å². The van der Waals surface area contributed by atoms with Crippen LogP contribution in [0.15, 0.2) is 72.9 Å². The van der Waals surface area contributed by atoms with E-state index in [0.29, 0.717) is 19.4 Å². The van der Waals surface area contributed by atoms with Crippen LogP contribution in [-0.4, -0.2) is 37.0 Å². The third-order valence-electron chi connectivity index (χ3n) is 8.06. The highest BCUT2D eigenvalue weighted by Crippen LogP contribution is 2.14. The largest absolute Gasteiger partial charge is 0.457 e. The van der Waals surface area contributed by atoms with Crippen molar-refractivity contribution in [1.29, 1.82) is 0 Å². The van der Waals surface area contributed by atoms with Crippen LogP contribution in [-0.2, 0) is 14.3 Å². The fourth-order valence-electron chi connectivity index (χ4n) is 5.18. The molecule has 0 aliphatic rings. The third-order valence-corrected chi connectivity index (χ3v) is 8.06. The van der Waals surface area contributed by atoms with E-state index in [1.54, 1.807) is 0 Å². The van der Waals surface area contributed by atoms with Crippen molar-refractivity contribution in [1.82, 2.24) is 0 Å². The summed E-state index contributed by atoms with van der Waals surface area (Å²) in [5, 5.41) is 9.56. The maximum Gasteiger partial charge on any atom is 0.306 e. The Morgan fingerprint density at radius 3 is 1.32 bits per heavy atom. The molecule has 0 aromatic heterocycles. The summed E-state index contributed by atoms with van der Waals surface area (Å²) in [5.74, 6) is -0.283. The summed E-state index contributed by atoms with van der Waals surface area (Å²) in [6, 6.07) is 0. The number of esters is 1. The lowest BCUT2D eigenvalue weighted by Gasteiger charge is -2.15. The molecule has 47 heavy (non-hydrogen) atoms. The van der Waals surface area contributed by atoms with Crippen LogP contribution in [0.1, 0.15) is 168 Å². The van der Waals surface area contributed by atoms with Gasteiger partial charge in [-0.3, -0.25) is 4.79 Å². The molecule has 0 fully saturated rings. The summed E-state index contributed by atoms with van der Waals surface area (Å²) >= 11 is 0. The van der Waals surface area contributed by atoms with E-state index in [0.717, 1.165) is 44.9 Å². The number of ether oxygens (including phenoxy) is 2. The molecule has 0 saturated carbocycles. The summed E-state index contributed by atoms with van der Waals surface area (Å²) in [4.78, 5) is 12.1. The van der Waals surface area contributed by atoms with Crippen LogP contribution in [0.4, 0.5) is 0 Å². The van der Waals surface area contributed by atoms with Crippen molar-refractivity contribution in [2.45, 2.75) is 174 Å². The molecule has 0 aliphatic heterocycles. The van der Waals surface area contributed by atoms with Crippen molar-refractivity contribution >= 4 is 5.97 Å². The van der Waals surface area contributed by atoms with E-state index in [-0.39, 0.29) is 19.2 Å². The molecular weight excluding hydrogens is 580 g/mol. The molecule has 0 aromatic carbocycles. The number of aliphatic hydroxyl groups is 1. The first-order valence-corrected chi connectivity index (χ1v) is 19.5. The van der Waals surface area contributed by atoms with Gasteiger partial charge in [0, 0.05) is 13.0 Å². The van der Waals surface area contributed by atoms with Gasteiger partial charge in [-0.05, 0) is 51.4 Å². The van der Waals surface area contributed by atoms with Crippen molar-refractivity contribution in [3.05, 3.63) is 72.9 Å². The Balaban J connectivity index is 3.59. The zero-order valence-electron chi connectivity index (χ0n) is 30.8. The third kappa shape index (κ3) is 38.2. The molecule has 0 radical (unpaired) electrons. The normalized spacial score (nSPS) is 13.2. The molecule has 0 spiro atoms. The predicted molar refractivity (Wildman–Crippen MR) is 205 cm³/mol. The van der Waals surface area contributed by atoms with E-state index in [1.165, 1.54) is 96.3 Å². The zero-order valence-corrected chi connectivity index (χ0v) is 30.8. The molecule has 4 heteroatoms. The molecule has 0 saturated heterocycles. The van der Waals surface area contributed by atoms with Gasteiger partial charge >= 0.3 is 5.97 Å². The molecule has 0 bridgehead atoms. The fourth-order valence-corrected chi connectivity index (χ4v) is 5.18. The number of aliphatic hydroxyl groups excluding tert-OH is 1. The van der Waals surface area contributed by atoms with Crippen LogP contribution in [0.25, 0.3) is 0 Å². The smallest absolute Gasteiger partial charge is 0.306 e. The second-order valence-corrected chi connectivity index (χ2v) is 12.6. The molecule has 0 rings (SSSR count). The molecule has 0 heterocycles. The van der Waals surface area contributed by atoms with Gasteiger partial charge in [-0.2, -0.15) is 0 Å². The second-order valence-electron chi connectivity index (χ2n) is 12.6. The topological polar surface area (TPSA) is 55.8 Å². The maximum atomic E-state index is 12.1. The first-order valence-electron chi connectivity index (χ1n) is 19.5. The SMILES string of the molecule is CC/C=C\C/C=C\C/C=C\C/C=C\C/C=C\C/C=C\CCC(=O)OC(CO)COCCCCCCCCCCCCCCCCCC. The number of carbonyl (C=O) groups is 1. The lowest BCUT2D eigenvalue weighted by Crippen LogP contribution is -2.27. The summed E-state index contributed by atoms with van der Waals surface area (Å²) < 4.78 is 11.1. The summed E-state index contributed by atoms with van der Waals surface area (Å²) in [6.07, 6.45) is 53.9. The van der Waals surface area contributed by atoms with Gasteiger partial charge < -0.3 is 14.6 Å². The summed E-state index contributed by atoms with van der Waals surface area (Å²) in [5.41, 5.74) is 0. The van der Waals surface area contributed by atoms with Gasteiger partial charge in [0.15, 0.2) is 0 Å². The quantitative estimate of drug-likeness (QED) is 0.0420. The Kier molecular flexibility index (Phi) is 38.2. The van der Waals surface area contributed by atoms with Crippen LogP contribution in [0, 0.1) is 0 Å². The summed E-state index contributed by atoms with van der Waals surface area (Å²) in [6.45, 7) is 5.15. The average molecular weight is 655 g/mol. The van der Waals surface area contributed by atoms with E-state index < -0.39 is 6.10 Å². The maximum absolute atomic E-state index is 12.1. The van der Waals surface area contributed by atoms with Gasteiger partial charge in [-0.15, -0.1) is 0 Å². The standard InChI is InChI=1S/C43H74O4/c1-3-5-7-9-11-13-15-17-19-21-22-23-24-26-28-30-32-34-36-38-43(45)47-42(40-44)41-46-39-37-35-33-31-29-27-25-20-18-16-14-12-10-8-6-4-2/h5,7,11,13,17,19,22-23,26,28,32,34,42,44H,3-4,6,8-10,12,14-16,18,20-21,24-25,27,29-31,33,35-41H2,1-2H3/b7-5-,13-11-,19-17-,23-22-,28-26-,34-32-. The molecule has 1 atom stereocenters. The monoisotopic (exact) mass is 655 g/mol. The Hall–Kier alpha value is -2.17. The lowest BCUT2D eigenvalue weighted by atomic mass is 10.0. The molecule has 0 aliphatic carbocycles. The van der Waals surface area contributed by atoms with Crippen molar-refractivity contribution < 1.29 is 19.4 Å². The lowest BCUT2D eigenvalue weighted by molar-refractivity contribution is -0.154. The van der Waals surface area contributed by atoms with Crippen molar-refractivity contribution in [2.75, 3.05) is 19.8 Å². The number of unbranched alkanes of at least 4 members (excludes halogenated alkanes) is 15. The van der Waals surface area contributed by atoms with Crippen LogP contribution in [0.5, 0.6) is 0 Å². The molecule has 1 unspecified atom stereocenters. The highest BCUT2D eigenvalue weighted by atomic mass is 16.6. The molecule has 0 aromatic rings. The van der Waals surface area contributed by atoms with Crippen LogP contribution in [0.2, 0.25) is 0 Å². The van der Waals surface area contributed by atoms with Crippen molar-refractivity contribution in [2.24, 2.45) is 0 Å². The van der Waals surface area contributed by atoms with Crippen LogP contribution < -0.4 is 0 Å². The van der Waals surface area contributed by atoms with Crippen LogP contribution >= 0.6 is 0 Å². The first kappa shape index (κ1) is 44.8. The predicted octanol–water partition coefficient (Wildman–Crippen LogP) is 12.6. The van der Waals surface area contributed by atoms with Crippen molar-refractivity contribution in [3.63, 3.8) is 0 Å². The van der Waals surface area contributed by atoms with E-state index >= 15 is 0 Å². The molecule has 4 nitrogen and oxygen atoms in total. The molecule has 270 valence electrons. The van der Waals surface area contributed by atoms with E-state index in [4.69, 9.17) is 9.47 Å². The number of allylic oxidation sites excluding steroid dienone is 12. The van der Waals surface area contributed by atoms with Gasteiger partial charge in [0.1, 0.15) is 6.10 Å². The van der Waals surface area contributed by atoms with Crippen LogP contribution in [0.3, 0.4) is 0 Å². The highest BCUT2D eigenvalue weighted by Gasteiger charge is 2.13. The number of rotatable bonds is 35. The van der Waals surface area contributed by atoms with Gasteiger partial charge in [0.25, 0.3) is 0 Å². The Morgan fingerprint density at radius 2 is 0.915 bits per heavy atom. The van der Waals surface area contributed by atoms with E-state index in [1.807, 2.05) is 6.08 Å². The number of carbonyl (C=O) groups excluding carboxylic acids is 1. The van der Waals surface area contributed by atoms with Gasteiger partial charge in [-0.25, -0.2) is 0 Å². The van der Waals surface area contributed by atoms with Gasteiger partial charge in [0.05, 0.1) is 13.2 Å². The fraction of sp³-hybridized carbons (Fsp3) is 0.698. The Labute approximate surface area is 291 Å². The van der Waals surface area contributed by atoms with Gasteiger partial charge in [-0.1, -0.05) is 183 Å². The Bertz CT molecular complexity index is 820. The zero-order chi connectivity index (χ0) is 34.1.